The van der Waals surface area contributed by atoms with E-state index < -0.39 is 5.97 Å². The Balaban J connectivity index is 2.40. The number of aliphatic hydroxyl groups is 2. The van der Waals surface area contributed by atoms with Crippen molar-refractivity contribution in [3.8, 4) is 0 Å². The van der Waals surface area contributed by atoms with Gasteiger partial charge in [0, 0.05) is 13.0 Å². The summed E-state index contributed by atoms with van der Waals surface area (Å²) in [6.07, 6.45) is 0.776. The summed E-state index contributed by atoms with van der Waals surface area (Å²) < 4.78 is 4.76. The highest BCUT2D eigenvalue weighted by Crippen LogP contribution is 2.12. The molecule has 1 aromatic carbocycles. The van der Waals surface area contributed by atoms with Crippen molar-refractivity contribution in [2.75, 3.05) is 6.61 Å². The first-order chi connectivity index (χ1) is 6.64. The second kappa shape index (κ2) is 5.10. The van der Waals surface area contributed by atoms with Crippen molar-refractivity contribution in [2.45, 2.75) is 25.7 Å². The summed E-state index contributed by atoms with van der Waals surface area (Å²) in [6, 6.07) is 9.67. The lowest BCUT2D eigenvalue weighted by Crippen LogP contribution is -2.32. The van der Waals surface area contributed by atoms with E-state index in [4.69, 9.17) is 4.74 Å². The van der Waals surface area contributed by atoms with Crippen molar-refractivity contribution >= 4 is 0 Å². The monoisotopic (exact) mass is 196 g/mol. The quantitative estimate of drug-likeness (QED) is 0.698. The van der Waals surface area contributed by atoms with E-state index in [-0.39, 0.29) is 6.42 Å². The Bertz CT molecular complexity index is 256. The van der Waals surface area contributed by atoms with Crippen LogP contribution in [0.25, 0.3) is 0 Å². The van der Waals surface area contributed by atoms with Gasteiger partial charge in [0.1, 0.15) is 0 Å². The first-order valence-electron chi connectivity index (χ1n) is 4.76. The molecule has 0 aliphatic carbocycles. The molecule has 0 spiro atoms. The number of aryl methyl sites for hydroxylation is 1. The van der Waals surface area contributed by atoms with Crippen molar-refractivity contribution in [1.82, 2.24) is 0 Å². The second-order valence-electron chi connectivity index (χ2n) is 3.16. The number of hydrogen-bond donors (Lipinski definition) is 2. The Kier molecular flexibility index (Phi) is 4.07. The van der Waals surface area contributed by atoms with Gasteiger partial charge < -0.3 is 14.9 Å². The SMILES string of the molecule is CCOC(O)(O)CCc1ccccc1. The van der Waals surface area contributed by atoms with Crippen LogP contribution in [0, 0.1) is 0 Å². The molecule has 0 fully saturated rings. The molecule has 0 unspecified atom stereocenters. The topological polar surface area (TPSA) is 49.7 Å². The fourth-order valence-electron chi connectivity index (χ4n) is 1.26. The molecule has 0 bridgehead atoms. The van der Waals surface area contributed by atoms with Crippen LogP contribution >= 0.6 is 0 Å². The highest BCUT2D eigenvalue weighted by atomic mass is 16.8. The highest BCUT2D eigenvalue weighted by Gasteiger charge is 2.22. The van der Waals surface area contributed by atoms with Crippen LogP contribution in [-0.4, -0.2) is 22.8 Å². The maximum atomic E-state index is 9.31. The van der Waals surface area contributed by atoms with Gasteiger partial charge in [-0.1, -0.05) is 30.3 Å². The maximum absolute atomic E-state index is 9.31. The summed E-state index contributed by atoms with van der Waals surface area (Å²) in [4.78, 5) is 0. The van der Waals surface area contributed by atoms with E-state index in [0.29, 0.717) is 13.0 Å². The Morgan fingerprint density at radius 2 is 1.86 bits per heavy atom. The molecule has 0 aliphatic rings. The number of hydrogen-bond acceptors (Lipinski definition) is 3. The summed E-state index contributed by atoms with van der Waals surface area (Å²) in [7, 11) is 0. The van der Waals surface area contributed by atoms with Gasteiger partial charge in [0.25, 0.3) is 5.97 Å². The molecule has 0 saturated heterocycles. The molecule has 0 aliphatic heterocycles. The predicted molar refractivity (Wildman–Crippen MR) is 53.6 cm³/mol. The van der Waals surface area contributed by atoms with Crippen LogP contribution in [0.2, 0.25) is 0 Å². The van der Waals surface area contributed by atoms with E-state index in [0.717, 1.165) is 5.56 Å². The molecular formula is C11H16O3. The van der Waals surface area contributed by atoms with Crippen LogP contribution in [0.3, 0.4) is 0 Å². The van der Waals surface area contributed by atoms with Gasteiger partial charge in [-0.05, 0) is 18.9 Å². The number of benzene rings is 1. The van der Waals surface area contributed by atoms with Gasteiger partial charge in [0.05, 0.1) is 0 Å². The van der Waals surface area contributed by atoms with Gasteiger partial charge in [-0.3, -0.25) is 0 Å². The van der Waals surface area contributed by atoms with Crippen LogP contribution in [0.5, 0.6) is 0 Å². The van der Waals surface area contributed by atoms with Crippen LogP contribution in [-0.2, 0) is 11.2 Å². The van der Waals surface area contributed by atoms with Crippen molar-refractivity contribution in [3.05, 3.63) is 35.9 Å². The van der Waals surface area contributed by atoms with Gasteiger partial charge in [-0.2, -0.15) is 0 Å². The van der Waals surface area contributed by atoms with E-state index in [1.807, 2.05) is 30.3 Å². The molecular weight excluding hydrogens is 180 g/mol. The molecule has 0 amide bonds. The summed E-state index contributed by atoms with van der Waals surface area (Å²) >= 11 is 0. The lowest BCUT2D eigenvalue weighted by atomic mass is 10.1. The van der Waals surface area contributed by atoms with Gasteiger partial charge in [0.15, 0.2) is 0 Å². The van der Waals surface area contributed by atoms with Crippen LogP contribution < -0.4 is 0 Å². The third kappa shape index (κ3) is 3.87. The zero-order valence-electron chi connectivity index (χ0n) is 8.31. The molecule has 0 heterocycles. The molecule has 0 radical (unpaired) electrons. The summed E-state index contributed by atoms with van der Waals surface area (Å²) in [5.74, 6) is -2.00. The molecule has 2 N–H and O–H groups in total. The Morgan fingerprint density at radius 3 is 2.43 bits per heavy atom. The number of ether oxygens (including phenoxy) is 1. The van der Waals surface area contributed by atoms with Gasteiger partial charge >= 0.3 is 0 Å². The maximum Gasteiger partial charge on any atom is 0.278 e. The highest BCUT2D eigenvalue weighted by molar-refractivity contribution is 5.14. The first kappa shape index (κ1) is 11.2. The fourth-order valence-corrected chi connectivity index (χ4v) is 1.26. The summed E-state index contributed by atoms with van der Waals surface area (Å²) in [5.41, 5.74) is 1.07. The zero-order valence-corrected chi connectivity index (χ0v) is 8.31. The minimum Gasteiger partial charge on any atom is -0.343 e. The van der Waals surface area contributed by atoms with Crippen molar-refractivity contribution in [3.63, 3.8) is 0 Å². The van der Waals surface area contributed by atoms with E-state index >= 15 is 0 Å². The molecule has 1 rings (SSSR count). The standard InChI is InChI=1S/C11H16O3/c1-2-14-11(12,13)9-8-10-6-4-3-5-7-10/h3-7,12-13H,2,8-9H2,1H3. The lowest BCUT2D eigenvalue weighted by Gasteiger charge is -2.20. The van der Waals surface area contributed by atoms with E-state index in [9.17, 15) is 10.2 Å². The van der Waals surface area contributed by atoms with E-state index in [2.05, 4.69) is 0 Å². The van der Waals surface area contributed by atoms with E-state index in [1.54, 1.807) is 6.92 Å². The summed E-state index contributed by atoms with van der Waals surface area (Å²) in [6.45, 7) is 2.02. The van der Waals surface area contributed by atoms with Crippen LogP contribution in [0.4, 0.5) is 0 Å². The average Bonchev–Trinajstić information content (AvgIpc) is 2.17. The normalized spacial score (nSPS) is 11.6. The minimum atomic E-state index is -2.00. The molecule has 3 heteroatoms. The minimum absolute atomic E-state index is 0.185. The molecule has 78 valence electrons. The van der Waals surface area contributed by atoms with Gasteiger partial charge in [-0.25, -0.2) is 0 Å². The molecule has 14 heavy (non-hydrogen) atoms. The third-order valence-corrected chi connectivity index (χ3v) is 1.96. The lowest BCUT2D eigenvalue weighted by molar-refractivity contribution is -0.338. The Morgan fingerprint density at radius 1 is 1.21 bits per heavy atom. The third-order valence-electron chi connectivity index (χ3n) is 1.96. The van der Waals surface area contributed by atoms with Crippen LogP contribution in [0.15, 0.2) is 30.3 Å². The zero-order chi connectivity index (χ0) is 10.4. The van der Waals surface area contributed by atoms with Crippen molar-refractivity contribution in [1.29, 1.82) is 0 Å². The van der Waals surface area contributed by atoms with Crippen molar-refractivity contribution < 1.29 is 14.9 Å². The number of rotatable bonds is 5. The predicted octanol–water partition coefficient (Wildman–Crippen LogP) is 1.29. The largest absolute Gasteiger partial charge is 0.343 e. The molecule has 0 atom stereocenters. The van der Waals surface area contributed by atoms with Gasteiger partial charge in [0.2, 0.25) is 0 Å². The first-order valence-corrected chi connectivity index (χ1v) is 4.76. The smallest absolute Gasteiger partial charge is 0.278 e. The van der Waals surface area contributed by atoms with Crippen molar-refractivity contribution in [2.24, 2.45) is 0 Å². The fraction of sp³-hybridized carbons (Fsp3) is 0.455. The molecule has 3 nitrogen and oxygen atoms in total. The van der Waals surface area contributed by atoms with Gasteiger partial charge in [-0.15, -0.1) is 0 Å². The Hall–Kier alpha value is -0.900. The molecule has 1 aromatic rings. The van der Waals surface area contributed by atoms with Crippen LogP contribution in [0.1, 0.15) is 18.9 Å². The van der Waals surface area contributed by atoms with E-state index in [1.165, 1.54) is 0 Å². The molecule has 0 saturated carbocycles. The second-order valence-corrected chi connectivity index (χ2v) is 3.16. The average molecular weight is 196 g/mol. The Labute approximate surface area is 84.0 Å². The summed E-state index contributed by atoms with van der Waals surface area (Å²) in [5, 5.41) is 18.6. The molecule has 0 aromatic heterocycles.